The van der Waals surface area contributed by atoms with Crippen LogP contribution >= 0.6 is 27.3 Å². The first-order valence-electron chi connectivity index (χ1n) is 6.63. The fourth-order valence-electron chi connectivity index (χ4n) is 2.16. The SMILES string of the molecule is CCNC(CCc1ccncc1)Cc1cc(Br)cs1. The minimum atomic E-state index is 0.545. The molecule has 0 radical (unpaired) electrons. The highest BCUT2D eigenvalue weighted by Crippen LogP contribution is 2.22. The second kappa shape index (κ2) is 7.78. The topological polar surface area (TPSA) is 24.9 Å². The van der Waals surface area contributed by atoms with Gasteiger partial charge in [0, 0.05) is 33.2 Å². The number of rotatable bonds is 7. The minimum absolute atomic E-state index is 0.545. The van der Waals surface area contributed by atoms with Gasteiger partial charge in [-0.3, -0.25) is 4.98 Å². The summed E-state index contributed by atoms with van der Waals surface area (Å²) in [6.45, 7) is 3.19. The van der Waals surface area contributed by atoms with Crippen molar-refractivity contribution in [1.82, 2.24) is 10.3 Å². The molecule has 1 unspecified atom stereocenters. The van der Waals surface area contributed by atoms with Gasteiger partial charge in [-0.05, 0) is 65.5 Å². The van der Waals surface area contributed by atoms with Crippen LogP contribution in [0.4, 0.5) is 0 Å². The van der Waals surface area contributed by atoms with Gasteiger partial charge in [0.05, 0.1) is 0 Å². The lowest BCUT2D eigenvalue weighted by Gasteiger charge is -2.17. The molecule has 0 spiro atoms. The number of thiophene rings is 1. The maximum atomic E-state index is 4.06. The molecule has 2 nitrogen and oxygen atoms in total. The Kier molecular flexibility index (Phi) is 6.01. The molecule has 0 aliphatic rings. The van der Waals surface area contributed by atoms with Crippen molar-refractivity contribution in [2.24, 2.45) is 0 Å². The monoisotopic (exact) mass is 338 g/mol. The van der Waals surface area contributed by atoms with Crippen LogP contribution in [0, 0.1) is 0 Å². The standard InChI is InChI=1S/C15H19BrN2S/c1-2-18-14(10-15-9-13(16)11-19-15)4-3-12-5-7-17-8-6-12/h5-9,11,14,18H,2-4,10H2,1H3. The van der Waals surface area contributed by atoms with Crippen molar-refractivity contribution in [1.29, 1.82) is 0 Å². The number of hydrogen-bond donors (Lipinski definition) is 1. The van der Waals surface area contributed by atoms with Gasteiger partial charge >= 0.3 is 0 Å². The Morgan fingerprint density at radius 1 is 1.37 bits per heavy atom. The van der Waals surface area contributed by atoms with E-state index in [1.807, 2.05) is 23.7 Å². The number of pyridine rings is 1. The highest BCUT2D eigenvalue weighted by atomic mass is 79.9. The smallest absolute Gasteiger partial charge is 0.0285 e. The van der Waals surface area contributed by atoms with Gasteiger partial charge in [0.15, 0.2) is 0 Å². The maximum absolute atomic E-state index is 4.06. The first-order valence-corrected chi connectivity index (χ1v) is 8.30. The highest BCUT2D eigenvalue weighted by Gasteiger charge is 2.10. The third-order valence-electron chi connectivity index (χ3n) is 3.09. The average molecular weight is 339 g/mol. The Morgan fingerprint density at radius 2 is 2.16 bits per heavy atom. The summed E-state index contributed by atoms with van der Waals surface area (Å²) in [5, 5.41) is 5.74. The normalized spacial score (nSPS) is 12.5. The molecule has 4 heteroatoms. The Balaban J connectivity index is 1.89. The van der Waals surface area contributed by atoms with Gasteiger partial charge in [-0.1, -0.05) is 6.92 Å². The molecule has 1 atom stereocenters. The number of nitrogens with one attached hydrogen (secondary N) is 1. The predicted octanol–water partition coefficient (Wildman–Crippen LogP) is 4.06. The van der Waals surface area contributed by atoms with E-state index in [0.29, 0.717) is 6.04 Å². The molecule has 0 aliphatic heterocycles. The minimum Gasteiger partial charge on any atom is -0.314 e. The van der Waals surface area contributed by atoms with Crippen LogP contribution < -0.4 is 5.32 Å². The van der Waals surface area contributed by atoms with Crippen molar-refractivity contribution in [3.63, 3.8) is 0 Å². The van der Waals surface area contributed by atoms with E-state index in [2.05, 4.69) is 56.7 Å². The lowest BCUT2D eigenvalue weighted by atomic mass is 10.0. The van der Waals surface area contributed by atoms with Crippen LogP contribution in [0.2, 0.25) is 0 Å². The maximum Gasteiger partial charge on any atom is 0.0285 e. The van der Waals surface area contributed by atoms with Crippen LogP contribution in [0.15, 0.2) is 40.4 Å². The van der Waals surface area contributed by atoms with Crippen LogP contribution in [0.25, 0.3) is 0 Å². The van der Waals surface area contributed by atoms with Crippen molar-refractivity contribution in [3.05, 3.63) is 50.9 Å². The summed E-state index contributed by atoms with van der Waals surface area (Å²) in [7, 11) is 0. The zero-order valence-electron chi connectivity index (χ0n) is 11.1. The Bertz CT molecular complexity index is 484. The molecule has 19 heavy (non-hydrogen) atoms. The second-order valence-electron chi connectivity index (χ2n) is 4.58. The summed E-state index contributed by atoms with van der Waals surface area (Å²) in [5.41, 5.74) is 1.37. The molecule has 102 valence electrons. The molecule has 0 fully saturated rings. The first kappa shape index (κ1) is 14.7. The lowest BCUT2D eigenvalue weighted by Crippen LogP contribution is -2.31. The number of nitrogens with zero attached hydrogens (tertiary/aromatic N) is 1. The fraction of sp³-hybridized carbons (Fsp3) is 0.400. The van der Waals surface area contributed by atoms with Gasteiger partial charge in [-0.25, -0.2) is 0 Å². The van der Waals surface area contributed by atoms with Crippen LogP contribution in [0.3, 0.4) is 0 Å². The van der Waals surface area contributed by atoms with Gasteiger partial charge in [0.25, 0.3) is 0 Å². The zero-order valence-corrected chi connectivity index (χ0v) is 13.5. The number of aryl methyl sites for hydroxylation is 1. The van der Waals surface area contributed by atoms with E-state index in [0.717, 1.165) is 25.8 Å². The van der Waals surface area contributed by atoms with Crippen LogP contribution in [-0.2, 0) is 12.8 Å². The molecule has 2 heterocycles. The van der Waals surface area contributed by atoms with Gasteiger partial charge in [0.2, 0.25) is 0 Å². The number of hydrogen-bond acceptors (Lipinski definition) is 3. The number of halogens is 1. The van der Waals surface area contributed by atoms with Crippen LogP contribution in [0.5, 0.6) is 0 Å². The summed E-state index contributed by atoms with van der Waals surface area (Å²) in [4.78, 5) is 5.50. The predicted molar refractivity (Wildman–Crippen MR) is 85.7 cm³/mol. The highest BCUT2D eigenvalue weighted by molar-refractivity contribution is 9.10. The third-order valence-corrected chi connectivity index (χ3v) is 4.81. The van der Waals surface area contributed by atoms with Crippen molar-refractivity contribution in [2.45, 2.75) is 32.2 Å². The molecule has 2 rings (SSSR count). The van der Waals surface area contributed by atoms with E-state index in [-0.39, 0.29) is 0 Å². The quantitative estimate of drug-likeness (QED) is 0.823. The molecular formula is C15H19BrN2S. The van der Waals surface area contributed by atoms with Crippen molar-refractivity contribution in [3.8, 4) is 0 Å². The van der Waals surface area contributed by atoms with E-state index in [1.54, 1.807) is 0 Å². The third kappa shape index (κ3) is 5.05. The van der Waals surface area contributed by atoms with Crippen LogP contribution in [0.1, 0.15) is 23.8 Å². The molecule has 2 aromatic heterocycles. The second-order valence-corrected chi connectivity index (χ2v) is 6.50. The number of likely N-dealkylation sites (N-methyl/N-ethyl adjacent to an activating group) is 1. The molecule has 1 N–H and O–H groups in total. The average Bonchev–Trinajstić information content (AvgIpc) is 2.83. The van der Waals surface area contributed by atoms with E-state index >= 15 is 0 Å². The van der Waals surface area contributed by atoms with Crippen molar-refractivity contribution in [2.75, 3.05) is 6.54 Å². The van der Waals surface area contributed by atoms with Gasteiger partial charge in [-0.2, -0.15) is 0 Å². The van der Waals surface area contributed by atoms with E-state index in [9.17, 15) is 0 Å². The Morgan fingerprint density at radius 3 is 2.79 bits per heavy atom. The molecule has 2 aromatic rings. The van der Waals surface area contributed by atoms with Gasteiger partial charge in [0.1, 0.15) is 0 Å². The van der Waals surface area contributed by atoms with E-state index in [1.165, 1.54) is 14.9 Å². The molecule has 0 saturated heterocycles. The Hall–Kier alpha value is -0.710. The van der Waals surface area contributed by atoms with Gasteiger partial charge < -0.3 is 5.32 Å². The Labute approximate surface area is 127 Å². The summed E-state index contributed by atoms with van der Waals surface area (Å²) >= 11 is 5.35. The van der Waals surface area contributed by atoms with Crippen molar-refractivity contribution >= 4 is 27.3 Å². The lowest BCUT2D eigenvalue weighted by molar-refractivity contribution is 0.493. The molecule has 0 saturated carbocycles. The van der Waals surface area contributed by atoms with Crippen molar-refractivity contribution < 1.29 is 0 Å². The fourth-order valence-corrected chi connectivity index (χ4v) is 3.69. The largest absolute Gasteiger partial charge is 0.314 e. The molecular weight excluding hydrogens is 320 g/mol. The zero-order chi connectivity index (χ0) is 13.5. The van der Waals surface area contributed by atoms with E-state index < -0.39 is 0 Å². The van der Waals surface area contributed by atoms with Crippen LogP contribution in [-0.4, -0.2) is 17.6 Å². The molecule has 0 amide bonds. The van der Waals surface area contributed by atoms with Gasteiger partial charge in [-0.15, -0.1) is 11.3 Å². The number of aromatic nitrogens is 1. The van der Waals surface area contributed by atoms with E-state index in [4.69, 9.17) is 0 Å². The molecule has 0 bridgehead atoms. The molecule has 0 aliphatic carbocycles. The summed E-state index contributed by atoms with van der Waals surface area (Å²) < 4.78 is 1.19. The first-order chi connectivity index (χ1) is 9.28. The summed E-state index contributed by atoms with van der Waals surface area (Å²) in [6, 6.07) is 6.97. The summed E-state index contributed by atoms with van der Waals surface area (Å²) in [6.07, 6.45) is 7.11. The summed E-state index contributed by atoms with van der Waals surface area (Å²) in [5.74, 6) is 0. The molecule has 0 aromatic carbocycles.